The van der Waals surface area contributed by atoms with E-state index in [1.807, 2.05) is 25.8 Å². The number of aliphatic hydroxyl groups excluding tert-OH is 1. The Balaban J connectivity index is 2.07. The Morgan fingerprint density at radius 2 is 2.20 bits per heavy atom. The van der Waals surface area contributed by atoms with Crippen LogP contribution in [0.1, 0.15) is 32.6 Å². The number of hydrogen-bond acceptors (Lipinski definition) is 6. The molecule has 25 heavy (non-hydrogen) atoms. The highest BCUT2D eigenvalue weighted by molar-refractivity contribution is 8.00. The summed E-state index contributed by atoms with van der Waals surface area (Å²) in [6.07, 6.45) is -0.207. The standard InChI is InChI=1S/C15H22FN3O5S/c1-15(2,3)7-17-14(23)24-9-4-11(25-10(9)6-20)19-5-8(16)12(21)18-13(19)22/h5,9-11,20H,4,6-7H2,1-3H3,(H,17,23)(H,18,21,22)/t9-,10+,11+/m0/s1. The highest BCUT2D eigenvalue weighted by Crippen LogP contribution is 2.42. The minimum Gasteiger partial charge on any atom is -0.445 e. The van der Waals surface area contributed by atoms with Crippen molar-refractivity contribution in [2.45, 2.75) is 43.9 Å². The fraction of sp³-hybridized carbons (Fsp3) is 0.667. The van der Waals surface area contributed by atoms with Crippen LogP contribution in [0.5, 0.6) is 0 Å². The molecule has 140 valence electrons. The third-order valence-electron chi connectivity index (χ3n) is 3.62. The van der Waals surface area contributed by atoms with Crippen LogP contribution in [0.3, 0.4) is 0 Å². The normalized spacial score (nSPS) is 23.5. The smallest absolute Gasteiger partial charge is 0.407 e. The molecule has 8 nitrogen and oxygen atoms in total. The lowest BCUT2D eigenvalue weighted by molar-refractivity contribution is 0.0807. The number of rotatable bonds is 4. The minimum atomic E-state index is -1.09. The van der Waals surface area contributed by atoms with Gasteiger partial charge in [-0.05, 0) is 5.41 Å². The van der Waals surface area contributed by atoms with Crippen molar-refractivity contribution in [2.75, 3.05) is 13.2 Å². The van der Waals surface area contributed by atoms with Crippen LogP contribution in [0.15, 0.2) is 15.8 Å². The van der Waals surface area contributed by atoms with Gasteiger partial charge in [0.1, 0.15) is 6.10 Å². The van der Waals surface area contributed by atoms with Crippen LogP contribution in [0, 0.1) is 11.2 Å². The number of alkyl carbamates (subject to hydrolysis) is 1. The molecule has 1 aliphatic heterocycles. The summed E-state index contributed by atoms with van der Waals surface area (Å²) < 4.78 is 19.8. The van der Waals surface area contributed by atoms with Gasteiger partial charge in [0.15, 0.2) is 0 Å². The maximum atomic E-state index is 13.5. The van der Waals surface area contributed by atoms with E-state index in [9.17, 15) is 23.9 Å². The molecule has 3 N–H and O–H groups in total. The maximum absolute atomic E-state index is 13.5. The Morgan fingerprint density at radius 3 is 2.80 bits per heavy atom. The van der Waals surface area contributed by atoms with Crippen molar-refractivity contribution < 1.29 is 19.0 Å². The van der Waals surface area contributed by atoms with Gasteiger partial charge in [-0.3, -0.25) is 14.3 Å². The first kappa shape index (κ1) is 19.5. The first-order chi connectivity index (χ1) is 11.6. The van der Waals surface area contributed by atoms with Gasteiger partial charge in [0.05, 0.1) is 23.4 Å². The Labute approximate surface area is 147 Å². The Hall–Kier alpha value is -1.81. The second kappa shape index (κ2) is 7.61. The Kier molecular flexibility index (Phi) is 5.94. The molecule has 10 heteroatoms. The van der Waals surface area contributed by atoms with Crippen molar-refractivity contribution >= 4 is 17.9 Å². The zero-order valence-electron chi connectivity index (χ0n) is 14.2. The summed E-state index contributed by atoms with van der Waals surface area (Å²) in [5, 5.41) is 11.1. The molecule has 1 amide bonds. The number of ether oxygens (including phenoxy) is 1. The number of aliphatic hydroxyl groups is 1. The molecular formula is C15H22FN3O5S. The predicted octanol–water partition coefficient (Wildman–Crippen LogP) is 0.813. The predicted molar refractivity (Wildman–Crippen MR) is 91.1 cm³/mol. The van der Waals surface area contributed by atoms with Crippen LogP contribution in [0.2, 0.25) is 0 Å². The van der Waals surface area contributed by atoms with Crippen molar-refractivity contribution in [3.8, 4) is 0 Å². The number of halogens is 1. The second-order valence-electron chi connectivity index (χ2n) is 7.05. The molecule has 0 saturated carbocycles. The summed E-state index contributed by atoms with van der Waals surface area (Å²) in [4.78, 5) is 36.8. The molecule has 0 radical (unpaired) electrons. The zero-order valence-corrected chi connectivity index (χ0v) is 15.1. The molecule has 2 rings (SSSR count). The summed E-state index contributed by atoms with van der Waals surface area (Å²) in [6.45, 7) is 6.04. The number of nitrogens with zero attached hydrogens (tertiary/aromatic N) is 1. The van der Waals surface area contributed by atoms with E-state index in [4.69, 9.17) is 4.74 Å². The van der Waals surface area contributed by atoms with Gasteiger partial charge >= 0.3 is 11.8 Å². The quantitative estimate of drug-likeness (QED) is 0.718. The molecule has 0 bridgehead atoms. The van der Waals surface area contributed by atoms with Crippen LogP contribution < -0.4 is 16.6 Å². The number of carbonyl (C=O) groups excluding carboxylic acids is 1. The number of aromatic amines is 1. The van der Waals surface area contributed by atoms with Gasteiger partial charge in [-0.1, -0.05) is 20.8 Å². The van der Waals surface area contributed by atoms with E-state index in [2.05, 4.69) is 5.32 Å². The molecule has 3 atom stereocenters. The van der Waals surface area contributed by atoms with Crippen molar-refractivity contribution in [3.05, 3.63) is 32.9 Å². The third kappa shape index (κ3) is 5.08. The van der Waals surface area contributed by atoms with Crippen LogP contribution >= 0.6 is 11.8 Å². The van der Waals surface area contributed by atoms with Gasteiger partial charge in [-0.2, -0.15) is 4.39 Å². The molecule has 0 aliphatic carbocycles. The number of H-pyrrole nitrogens is 1. The van der Waals surface area contributed by atoms with E-state index < -0.39 is 39.9 Å². The van der Waals surface area contributed by atoms with Gasteiger partial charge < -0.3 is 15.2 Å². The molecule has 0 spiro atoms. The highest BCUT2D eigenvalue weighted by Gasteiger charge is 2.39. The molecule has 0 aromatic carbocycles. The summed E-state index contributed by atoms with van der Waals surface area (Å²) in [5.41, 5.74) is -1.95. The lowest BCUT2D eigenvalue weighted by Gasteiger charge is -2.21. The van der Waals surface area contributed by atoms with E-state index >= 15 is 0 Å². The third-order valence-corrected chi connectivity index (χ3v) is 5.15. The molecule has 1 aromatic heterocycles. The fourth-order valence-electron chi connectivity index (χ4n) is 2.35. The average Bonchev–Trinajstić information content (AvgIpc) is 2.91. The second-order valence-corrected chi connectivity index (χ2v) is 8.47. The number of thioether (sulfide) groups is 1. The van der Waals surface area contributed by atoms with Crippen LogP contribution in [0.25, 0.3) is 0 Å². The Bertz CT molecular complexity index is 742. The topological polar surface area (TPSA) is 113 Å². The van der Waals surface area contributed by atoms with Crippen LogP contribution in [-0.2, 0) is 4.74 Å². The number of nitrogens with one attached hydrogen (secondary N) is 2. The number of carbonyl (C=O) groups is 1. The van der Waals surface area contributed by atoms with Crippen molar-refractivity contribution in [2.24, 2.45) is 5.41 Å². The van der Waals surface area contributed by atoms with Gasteiger partial charge in [0.25, 0.3) is 5.56 Å². The van der Waals surface area contributed by atoms with Crippen LogP contribution in [0.4, 0.5) is 9.18 Å². The van der Waals surface area contributed by atoms with E-state index in [1.54, 1.807) is 0 Å². The number of aromatic nitrogens is 2. The SMILES string of the molecule is CC(C)(C)CNC(=O)O[C@H]1C[C@H](n2cc(F)c(=O)[nH]c2=O)S[C@@H]1CO. The number of hydrogen-bond donors (Lipinski definition) is 3. The largest absolute Gasteiger partial charge is 0.445 e. The van der Waals surface area contributed by atoms with E-state index in [-0.39, 0.29) is 18.4 Å². The average molecular weight is 375 g/mol. The Morgan fingerprint density at radius 1 is 1.52 bits per heavy atom. The highest BCUT2D eigenvalue weighted by atomic mass is 32.2. The lowest BCUT2D eigenvalue weighted by Crippen LogP contribution is -2.37. The van der Waals surface area contributed by atoms with E-state index in [0.717, 1.165) is 10.8 Å². The van der Waals surface area contributed by atoms with Gasteiger partial charge in [-0.15, -0.1) is 11.8 Å². The maximum Gasteiger partial charge on any atom is 0.407 e. The van der Waals surface area contributed by atoms with Gasteiger partial charge in [0, 0.05) is 13.0 Å². The minimum absolute atomic E-state index is 0.108. The molecular weight excluding hydrogens is 353 g/mol. The molecule has 1 aliphatic rings. The first-order valence-corrected chi connectivity index (χ1v) is 8.77. The lowest BCUT2D eigenvalue weighted by atomic mass is 9.97. The van der Waals surface area contributed by atoms with Crippen molar-refractivity contribution in [3.63, 3.8) is 0 Å². The summed E-state index contributed by atoms with van der Waals surface area (Å²) >= 11 is 1.19. The first-order valence-electron chi connectivity index (χ1n) is 7.82. The summed E-state index contributed by atoms with van der Waals surface area (Å²) in [6, 6.07) is 0. The summed E-state index contributed by atoms with van der Waals surface area (Å²) in [5.74, 6) is -1.08. The fourth-order valence-corrected chi connectivity index (χ4v) is 3.77. The number of amides is 1. The van der Waals surface area contributed by atoms with Crippen molar-refractivity contribution in [1.82, 2.24) is 14.9 Å². The van der Waals surface area contributed by atoms with Gasteiger partial charge in [-0.25, -0.2) is 9.59 Å². The molecule has 1 saturated heterocycles. The van der Waals surface area contributed by atoms with Crippen LogP contribution in [-0.4, -0.2) is 45.3 Å². The van der Waals surface area contributed by atoms with Crippen molar-refractivity contribution in [1.29, 1.82) is 0 Å². The molecule has 1 aromatic rings. The monoisotopic (exact) mass is 375 g/mol. The molecule has 0 unspecified atom stereocenters. The van der Waals surface area contributed by atoms with E-state index in [1.165, 1.54) is 11.8 Å². The molecule has 2 heterocycles. The zero-order chi connectivity index (χ0) is 18.8. The summed E-state index contributed by atoms with van der Waals surface area (Å²) in [7, 11) is 0. The van der Waals surface area contributed by atoms with Gasteiger partial charge in [0.2, 0.25) is 5.82 Å². The van der Waals surface area contributed by atoms with E-state index in [0.29, 0.717) is 6.54 Å². The molecule has 1 fully saturated rings.